The Balaban J connectivity index is 1.89. The summed E-state index contributed by atoms with van der Waals surface area (Å²) in [5, 5.41) is 2.89. The highest BCUT2D eigenvalue weighted by atomic mass is 16.7. The highest BCUT2D eigenvalue weighted by Gasteiger charge is 2.37. The summed E-state index contributed by atoms with van der Waals surface area (Å²) in [7, 11) is 1.63. The van der Waals surface area contributed by atoms with E-state index in [1.54, 1.807) is 26.1 Å². The molecule has 2 aromatic rings. The number of carbonyl (C=O) groups is 2. The van der Waals surface area contributed by atoms with E-state index in [2.05, 4.69) is 5.32 Å². The van der Waals surface area contributed by atoms with E-state index in [0.29, 0.717) is 28.3 Å². The second kappa shape index (κ2) is 7.26. The van der Waals surface area contributed by atoms with Gasteiger partial charge in [0.25, 0.3) is 0 Å². The lowest BCUT2D eigenvalue weighted by Gasteiger charge is -2.34. The molecule has 0 saturated carbocycles. The van der Waals surface area contributed by atoms with Gasteiger partial charge in [-0.3, -0.25) is 4.90 Å². The number of carbonyl (C=O) groups excluding carboxylic acids is 2. The van der Waals surface area contributed by atoms with Gasteiger partial charge in [-0.2, -0.15) is 0 Å². The molecule has 0 bridgehead atoms. The fraction of sp³-hybridized carbons (Fsp3) is 0.238. The van der Waals surface area contributed by atoms with E-state index in [1.165, 1.54) is 4.90 Å². The number of benzene rings is 2. The Bertz CT molecular complexity index is 955. The molecule has 28 heavy (non-hydrogen) atoms. The van der Waals surface area contributed by atoms with Gasteiger partial charge in [-0.05, 0) is 30.2 Å². The fourth-order valence-corrected chi connectivity index (χ4v) is 3.42. The zero-order chi connectivity index (χ0) is 19.7. The second-order valence-corrected chi connectivity index (χ2v) is 6.40. The number of esters is 1. The van der Waals surface area contributed by atoms with Crippen LogP contribution in [0.15, 0.2) is 54.1 Å². The first-order valence-electron chi connectivity index (χ1n) is 9.00. The van der Waals surface area contributed by atoms with Gasteiger partial charge in [0.05, 0.1) is 23.9 Å². The van der Waals surface area contributed by atoms with Gasteiger partial charge in [0.2, 0.25) is 6.79 Å². The molecule has 1 atom stereocenters. The minimum Gasteiger partial charge on any atom is -0.463 e. The SMILES string of the molecule is CCOC(=O)C1=C(c2ccccc2)N(C)C(=O)N[C@@H]1c1ccc2c(c1)OCO2. The Kier molecular flexibility index (Phi) is 4.65. The van der Waals surface area contributed by atoms with Crippen LogP contribution < -0.4 is 14.8 Å². The molecule has 2 amide bonds. The van der Waals surface area contributed by atoms with E-state index in [1.807, 2.05) is 36.4 Å². The van der Waals surface area contributed by atoms with Crippen LogP contribution in [0.5, 0.6) is 11.5 Å². The average molecular weight is 380 g/mol. The van der Waals surface area contributed by atoms with E-state index in [-0.39, 0.29) is 19.4 Å². The summed E-state index contributed by atoms with van der Waals surface area (Å²) in [6, 6.07) is 13.7. The molecule has 144 valence electrons. The molecule has 0 aliphatic carbocycles. The molecule has 2 aromatic carbocycles. The zero-order valence-corrected chi connectivity index (χ0v) is 15.6. The Morgan fingerprint density at radius 1 is 1.18 bits per heavy atom. The van der Waals surface area contributed by atoms with Crippen LogP contribution in [0, 0.1) is 0 Å². The third-order valence-corrected chi connectivity index (χ3v) is 4.72. The number of hydrogen-bond donors (Lipinski definition) is 1. The molecule has 7 nitrogen and oxygen atoms in total. The lowest BCUT2D eigenvalue weighted by molar-refractivity contribution is -0.138. The van der Waals surface area contributed by atoms with E-state index >= 15 is 0 Å². The van der Waals surface area contributed by atoms with Crippen molar-refractivity contribution in [2.75, 3.05) is 20.4 Å². The normalized spacial score (nSPS) is 18.1. The predicted octanol–water partition coefficient (Wildman–Crippen LogP) is 3.09. The van der Waals surface area contributed by atoms with Crippen LogP contribution in [-0.2, 0) is 9.53 Å². The van der Waals surface area contributed by atoms with Crippen molar-refractivity contribution in [3.8, 4) is 11.5 Å². The fourth-order valence-electron chi connectivity index (χ4n) is 3.42. The van der Waals surface area contributed by atoms with Gasteiger partial charge in [0.1, 0.15) is 0 Å². The maximum atomic E-state index is 12.9. The number of urea groups is 1. The minimum absolute atomic E-state index is 0.147. The molecule has 0 saturated heterocycles. The smallest absolute Gasteiger partial charge is 0.338 e. The molecule has 0 spiro atoms. The maximum absolute atomic E-state index is 12.9. The molecular weight excluding hydrogens is 360 g/mol. The Morgan fingerprint density at radius 2 is 1.93 bits per heavy atom. The number of rotatable bonds is 4. The molecule has 2 aliphatic rings. The first kappa shape index (κ1) is 17.9. The quantitative estimate of drug-likeness (QED) is 0.825. The minimum atomic E-state index is -0.674. The topological polar surface area (TPSA) is 77.1 Å². The Morgan fingerprint density at radius 3 is 2.68 bits per heavy atom. The molecule has 0 fully saturated rings. The van der Waals surface area contributed by atoms with Gasteiger partial charge >= 0.3 is 12.0 Å². The van der Waals surface area contributed by atoms with Crippen LogP contribution in [0.4, 0.5) is 4.79 Å². The molecule has 2 heterocycles. The van der Waals surface area contributed by atoms with Crippen LogP contribution in [0.25, 0.3) is 5.70 Å². The third kappa shape index (κ3) is 3.05. The lowest BCUT2D eigenvalue weighted by atomic mass is 9.92. The van der Waals surface area contributed by atoms with Gasteiger partial charge in [0.15, 0.2) is 11.5 Å². The van der Waals surface area contributed by atoms with Crippen LogP contribution in [0.2, 0.25) is 0 Å². The number of fused-ring (bicyclic) bond motifs is 1. The van der Waals surface area contributed by atoms with Crippen molar-refractivity contribution in [2.45, 2.75) is 13.0 Å². The maximum Gasteiger partial charge on any atom is 0.338 e. The molecule has 4 rings (SSSR count). The number of amides is 2. The van der Waals surface area contributed by atoms with Crippen LogP contribution >= 0.6 is 0 Å². The van der Waals surface area contributed by atoms with Gasteiger partial charge in [0, 0.05) is 7.05 Å². The highest BCUT2D eigenvalue weighted by molar-refractivity contribution is 6.04. The lowest BCUT2D eigenvalue weighted by Crippen LogP contribution is -2.46. The van der Waals surface area contributed by atoms with Crippen molar-refractivity contribution < 1.29 is 23.8 Å². The van der Waals surface area contributed by atoms with Gasteiger partial charge in [-0.15, -0.1) is 0 Å². The van der Waals surface area contributed by atoms with Gasteiger partial charge in [-0.1, -0.05) is 36.4 Å². The monoisotopic (exact) mass is 380 g/mol. The predicted molar refractivity (Wildman–Crippen MR) is 102 cm³/mol. The summed E-state index contributed by atoms with van der Waals surface area (Å²) in [6.45, 7) is 2.13. The van der Waals surface area contributed by atoms with Crippen LogP contribution in [-0.4, -0.2) is 37.3 Å². The summed E-state index contributed by atoms with van der Waals surface area (Å²) in [5.74, 6) is 0.735. The summed E-state index contributed by atoms with van der Waals surface area (Å²) < 4.78 is 16.1. The number of nitrogens with zero attached hydrogens (tertiary/aromatic N) is 1. The largest absolute Gasteiger partial charge is 0.463 e. The Labute approximate surface area is 162 Å². The summed E-state index contributed by atoms with van der Waals surface area (Å²) in [6.07, 6.45) is 0. The zero-order valence-electron chi connectivity index (χ0n) is 15.6. The molecule has 1 N–H and O–H groups in total. The molecular formula is C21H20N2O5. The average Bonchev–Trinajstić information content (AvgIpc) is 3.18. The van der Waals surface area contributed by atoms with E-state index in [9.17, 15) is 9.59 Å². The van der Waals surface area contributed by atoms with Crippen molar-refractivity contribution in [2.24, 2.45) is 0 Å². The van der Waals surface area contributed by atoms with Crippen LogP contribution in [0.3, 0.4) is 0 Å². The van der Waals surface area contributed by atoms with E-state index < -0.39 is 12.0 Å². The second-order valence-electron chi connectivity index (χ2n) is 6.40. The number of hydrogen-bond acceptors (Lipinski definition) is 5. The molecule has 0 radical (unpaired) electrons. The van der Waals surface area contributed by atoms with Gasteiger partial charge < -0.3 is 19.5 Å². The number of ether oxygens (including phenoxy) is 3. The first-order valence-corrected chi connectivity index (χ1v) is 9.00. The molecule has 0 aromatic heterocycles. The van der Waals surface area contributed by atoms with E-state index in [0.717, 1.165) is 5.56 Å². The summed E-state index contributed by atoms with van der Waals surface area (Å²) in [5.41, 5.74) is 2.36. The summed E-state index contributed by atoms with van der Waals surface area (Å²) >= 11 is 0. The van der Waals surface area contributed by atoms with Crippen LogP contribution in [0.1, 0.15) is 24.1 Å². The van der Waals surface area contributed by atoms with Gasteiger partial charge in [-0.25, -0.2) is 9.59 Å². The Hall–Kier alpha value is -3.48. The first-order chi connectivity index (χ1) is 13.6. The van der Waals surface area contributed by atoms with E-state index in [4.69, 9.17) is 14.2 Å². The standard InChI is InChI=1S/C21H20N2O5/c1-3-26-20(24)17-18(14-9-10-15-16(11-14)28-12-27-15)22-21(25)23(2)19(17)13-7-5-4-6-8-13/h4-11,18H,3,12H2,1-2H3,(H,22,25)/t18-/m1/s1. The number of nitrogens with one attached hydrogen (secondary N) is 1. The highest BCUT2D eigenvalue weighted by Crippen LogP contribution is 2.40. The molecule has 0 unspecified atom stereocenters. The van der Waals surface area contributed by atoms with Crippen molar-refractivity contribution in [1.29, 1.82) is 0 Å². The third-order valence-electron chi connectivity index (χ3n) is 4.72. The summed E-state index contributed by atoms with van der Waals surface area (Å²) in [4.78, 5) is 27.1. The molecule has 2 aliphatic heterocycles. The van der Waals surface area contributed by atoms with Crippen molar-refractivity contribution in [1.82, 2.24) is 10.2 Å². The van der Waals surface area contributed by atoms with Crippen molar-refractivity contribution in [3.63, 3.8) is 0 Å². The molecule has 7 heteroatoms. The van der Waals surface area contributed by atoms with Crippen molar-refractivity contribution in [3.05, 3.63) is 65.2 Å². The van der Waals surface area contributed by atoms with Crippen molar-refractivity contribution >= 4 is 17.7 Å².